The van der Waals surface area contributed by atoms with Crippen molar-refractivity contribution in [2.75, 3.05) is 13.7 Å². The summed E-state index contributed by atoms with van der Waals surface area (Å²) in [6.07, 6.45) is 4.66. The van der Waals surface area contributed by atoms with Gasteiger partial charge in [-0.05, 0) is 35.4 Å². The summed E-state index contributed by atoms with van der Waals surface area (Å²) in [5.41, 5.74) is 8.71. The minimum atomic E-state index is -0.535. The van der Waals surface area contributed by atoms with Crippen LogP contribution in [0.25, 0.3) is 6.08 Å². The van der Waals surface area contributed by atoms with E-state index in [1.54, 1.807) is 49.6 Å². The van der Waals surface area contributed by atoms with Crippen LogP contribution in [0.4, 0.5) is 0 Å². The second kappa shape index (κ2) is 11.0. The van der Waals surface area contributed by atoms with Crippen LogP contribution < -0.4 is 24.7 Å². The van der Waals surface area contributed by atoms with Crippen molar-refractivity contribution in [2.45, 2.75) is 5.92 Å². The number of methoxy groups -OCH3 is 1. The highest BCUT2D eigenvalue weighted by Crippen LogP contribution is 2.45. The number of allylic oxidation sites excluding steroid dienone is 1. The Hall–Kier alpha value is -4.96. The number of esters is 1. The fraction of sp³-hybridized carbons (Fsp3) is 0.103. The second-order valence-electron chi connectivity index (χ2n) is 7.80. The van der Waals surface area contributed by atoms with E-state index in [4.69, 9.17) is 24.7 Å². The first-order valence-corrected chi connectivity index (χ1v) is 11.1. The molecule has 36 heavy (non-hydrogen) atoms. The summed E-state index contributed by atoms with van der Waals surface area (Å²) in [6.45, 7) is 3.98. The van der Waals surface area contributed by atoms with E-state index in [1.165, 1.54) is 6.08 Å². The highest BCUT2D eigenvalue weighted by molar-refractivity contribution is 5.88. The van der Waals surface area contributed by atoms with Gasteiger partial charge in [-0.25, -0.2) is 4.79 Å². The van der Waals surface area contributed by atoms with E-state index in [-0.39, 0.29) is 17.2 Å². The van der Waals surface area contributed by atoms with Gasteiger partial charge >= 0.3 is 5.97 Å². The van der Waals surface area contributed by atoms with Crippen molar-refractivity contribution in [2.24, 2.45) is 5.73 Å². The maximum Gasteiger partial charge on any atom is 0.336 e. The van der Waals surface area contributed by atoms with Gasteiger partial charge in [0.25, 0.3) is 0 Å². The Kier molecular flexibility index (Phi) is 7.37. The molecule has 0 radical (unpaired) electrons. The van der Waals surface area contributed by atoms with Crippen LogP contribution in [0.15, 0.2) is 96.9 Å². The van der Waals surface area contributed by atoms with Crippen LogP contribution in [0.3, 0.4) is 0 Å². The van der Waals surface area contributed by atoms with Crippen LogP contribution in [0, 0.1) is 11.3 Å². The number of fused-ring (bicyclic) bond motifs is 1. The number of benzene rings is 3. The number of nitrogens with zero attached hydrogens (tertiary/aromatic N) is 1. The molecular weight excluding hydrogens is 456 g/mol. The molecule has 0 spiro atoms. The molecule has 0 saturated heterocycles. The van der Waals surface area contributed by atoms with Crippen LogP contribution in [-0.2, 0) is 4.79 Å². The third-order valence-corrected chi connectivity index (χ3v) is 5.50. The second-order valence-corrected chi connectivity index (χ2v) is 7.80. The van der Waals surface area contributed by atoms with E-state index >= 15 is 0 Å². The molecule has 1 unspecified atom stereocenters. The van der Waals surface area contributed by atoms with E-state index in [9.17, 15) is 10.1 Å². The van der Waals surface area contributed by atoms with Gasteiger partial charge in [0.05, 0.1) is 13.0 Å². The zero-order valence-electron chi connectivity index (χ0n) is 19.6. The van der Waals surface area contributed by atoms with Crippen molar-refractivity contribution in [3.8, 4) is 29.1 Å². The first-order chi connectivity index (χ1) is 17.5. The molecule has 0 fully saturated rings. The maximum absolute atomic E-state index is 12.3. The number of rotatable bonds is 8. The highest BCUT2D eigenvalue weighted by atomic mass is 16.5. The van der Waals surface area contributed by atoms with Crippen molar-refractivity contribution >= 4 is 12.0 Å². The van der Waals surface area contributed by atoms with Gasteiger partial charge in [-0.1, -0.05) is 55.1 Å². The maximum atomic E-state index is 12.3. The molecule has 0 amide bonds. The Morgan fingerprint density at radius 3 is 2.67 bits per heavy atom. The number of hydrogen-bond acceptors (Lipinski definition) is 7. The summed E-state index contributed by atoms with van der Waals surface area (Å²) in [4.78, 5) is 12.3. The largest absolute Gasteiger partial charge is 0.493 e. The first-order valence-electron chi connectivity index (χ1n) is 11.1. The van der Waals surface area contributed by atoms with Gasteiger partial charge in [0, 0.05) is 17.7 Å². The lowest BCUT2D eigenvalue weighted by Crippen LogP contribution is -2.21. The van der Waals surface area contributed by atoms with Gasteiger partial charge in [0.15, 0.2) is 11.5 Å². The number of nitrogens with two attached hydrogens (primary N) is 1. The number of carbonyl (C=O) groups excluding carboxylic acids is 1. The van der Waals surface area contributed by atoms with Gasteiger partial charge in [0.1, 0.15) is 29.7 Å². The molecule has 7 heteroatoms. The average Bonchev–Trinajstić information content (AvgIpc) is 2.90. The Labute approximate surface area is 209 Å². The standard InChI is InChI=1S/C29H24N2O5/c1-3-15-34-24-13-10-20(16-26(24)33-2)28-22-12-11-21(17-25(22)36-29(31)23(28)18-30)35-27(32)14-9-19-7-5-4-6-8-19/h3-14,16-17,28H,1,15,31H2,2H3/b14-9+. The summed E-state index contributed by atoms with van der Waals surface area (Å²) in [5, 5.41) is 9.83. The SMILES string of the molecule is C=CCOc1ccc(C2C(C#N)=C(N)Oc3cc(OC(=O)/C=C/c4ccccc4)ccc32)cc1OC. The molecule has 7 nitrogen and oxygen atoms in total. The molecule has 1 heterocycles. The average molecular weight is 481 g/mol. The number of nitriles is 1. The van der Waals surface area contributed by atoms with Crippen LogP contribution in [0.5, 0.6) is 23.0 Å². The number of hydrogen-bond donors (Lipinski definition) is 1. The lowest BCUT2D eigenvalue weighted by atomic mass is 9.83. The molecule has 0 aromatic heterocycles. The monoisotopic (exact) mass is 480 g/mol. The van der Waals surface area contributed by atoms with Crippen molar-refractivity contribution < 1.29 is 23.7 Å². The van der Waals surface area contributed by atoms with Crippen LogP contribution in [0.1, 0.15) is 22.6 Å². The molecule has 3 aromatic rings. The topological polar surface area (TPSA) is 104 Å². The van der Waals surface area contributed by atoms with E-state index in [0.29, 0.717) is 29.4 Å². The quantitative estimate of drug-likeness (QED) is 0.207. The van der Waals surface area contributed by atoms with Gasteiger partial charge in [-0.2, -0.15) is 5.26 Å². The molecule has 0 aliphatic carbocycles. The van der Waals surface area contributed by atoms with Crippen LogP contribution in [-0.4, -0.2) is 19.7 Å². The Bertz CT molecular complexity index is 1390. The van der Waals surface area contributed by atoms with Crippen LogP contribution in [0.2, 0.25) is 0 Å². The third-order valence-electron chi connectivity index (χ3n) is 5.50. The molecule has 1 atom stereocenters. The molecule has 1 aliphatic rings. The van der Waals surface area contributed by atoms with Crippen molar-refractivity contribution in [3.05, 3.63) is 114 Å². The summed E-state index contributed by atoms with van der Waals surface area (Å²) in [7, 11) is 1.54. The predicted molar refractivity (Wildman–Crippen MR) is 136 cm³/mol. The molecule has 1 aliphatic heterocycles. The summed E-state index contributed by atoms with van der Waals surface area (Å²) in [6, 6.07) is 22.0. The number of ether oxygens (including phenoxy) is 4. The molecule has 2 N–H and O–H groups in total. The van der Waals surface area contributed by atoms with E-state index in [0.717, 1.165) is 11.1 Å². The van der Waals surface area contributed by atoms with Gasteiger partial charge < -0.3 is 24.7 Å². The van der Waals surface area contributed by atoms with Gasteiger partial charge in [0.2, 0.25) is 5.88 Å². The number of carbonyl (C=O) groups is 1. The molecular formula is C29H24N2O5. The zero-order chi connectivity index (χ0) is 25.5. The van der Waals surface area contributed by atoms with Crippen LogP contribution >= 0.6 is 0 Å². The molecule has 4 rings (SSSR count). The fourth-order valence-electron chi connectivity index (χ4n) is 3.85. The summed E-state index contributed by atoms with van der Waals surface area (Å²) >= 11 is 0. The molecule has 0 bridgehead atoms. The van der Waals surface area contributed by atoms with Crippen molar-refractivity contribution in [3.63, 3.8) is 0 Å². The minimum Gasteiger partial charge on any atom is -0.493 e. The van der Waals surface area contributed by atoms with Gasteiger partial charge in [-0.3, -0.25) is 0 Å². The normalized spacial score (nSPS) is 14.4. The zero-order valence-corrected chi connectivity index (χ0v) is 19.6. The Balaban J connectivity index is 1.63. The van der Waals surface area contributed by atoms with E-state index in [2.05, 4.69) is 12.6 Å². The third kappa shape index (κ3) is 5.24. The van der Waals surface area contributed by atoms with Crippen molar-refractivity contribution in [1.29, 1.82) is 5.26 Å². The Morgan fingerprint density at radius 1 is 1.14 bits per heavy atom. The smallest absolute Gasteiger partial charge is 0.336 e. The Morgan fingerprint density at radius 2 is 1.94 bits per heavy atom. The lowest BCUT2D eigenvalue weighted by Gasteiger charge is -2.27. The minimum absolute atomic E-state index is 0.0200. The highest BCUT2D eigenvalue weighted by Gasteiger charge is 2.31. The molecule has 0 saturated carbocycles. The summed E-state index contributed by atoms with van der Waals surface area (Å²) in [5.74, 6) is 0.669. The molecule has 3 aromatic carbocycles. The van der Waals surface area contributed by atoms with E-state index < -0.39 is 11.9 Å². The van der Waals surface area contributed by atoms with E-state index in [1.807, 2.05) is 36.4 Å². The lowest BCUT2D eigenvalue weighted by molar-refractivity contribution is -0.128. The summed E-state index contributed by atoms with van der Waals surface area (Å²) < 4.78 is 22.3. The van der Waals surface area contributed by atoms with Gasteiger partial charge in [-0.15, -0.1) is 0 Å². The van der Waals surface area contributed by atoms with Crippen molar-refractivity contribution in [1.82, 2.24) is 0 Å². The first kappa shape index (κ1) is 24.2. The predicted octanol–water partition coefficient (Wildman–Crippen LogP) is 5.10. The molecule has 180 valence electrons. The fourth-order valence-corrected chi connectivity index (χ4v) is 3.85.